The van der Waals surface area contributed by atoms with Gasteiger partial charge in [0.2, 0.25) is 0 Å². The van der Waals surface area contributed by atoms with Crippen LogP contribution in [0.1, 0.15) is 23.7 Å². The molecule has 0 saturated carbocycles. The fraction of sp³-hybridized carbons (Fsp3) is 0.348. The molecule has 1 fully saturated rings. The van der Waals surface area contributed by atoms with Crippen LogP contribution in [0.4, 0.5) is 0 Å². The van der Waals surface area contributed by atoms with Crippen molar-refractivity contribution in [1.29, 1.82) is 0 Å². The van der Waals surface area contributed by atoms with Crippen LogP contribution in [0.25, 0.3) is 11.3 Å². The summed E-state index contributed by atoms with van der Waals surface area (Å²) in [5.41, 5.74) is 2.64. The smallest absolute Gasteiger partial charge is 0.251 e. The Morgan fingerprint density at radius 2 is 2.07 bits per heavy atom. The van der Waals surface area contributed by atoms with Crippen molar-refractivity contribution in [3.8, 4) is 17.0 Å². The predicted molar refractivity (Wildman–Crippen MR) is 115 cm³/mol. The molecule has 0 unspecified atom stereocenters. The van der Waals surface area contributed by atoms with Crippen molar-refractivity contribution >= 4 is 0 Å². The Balaban J connectivity index is 1.39. The molecule has 2 aromatic heterocycles. The molecule has 30 heavy (non-hydrogen) atoms. The number of nitrogens with one attached hydrogen (secondary N) is 1. The topological polar surface area (TPSA) is 80.3 Å². The minimum absolute atomic E-state index is 0.124. The van der Waals surface area contributed by atoms with Gasteiger partial charge in [0, 0.05) is 50.1 Å². The van der Waals surface area contributed by atoms with Crippen molar-refractivity contribution in [1.82, 2.24) is 19.9 Å². The highest BCUT2D eigenvalue weighted by Crippen LogP contribution is 2.27. The molecule has 156 valence electrons. The molecule has 1 aliphatic rings. The van der Waals surface area contributed by atoms with Crippen LogP contribution in [-0.2, 0) is 11.3 Å². The molecule has 7 nitrogen and oxygen atoms in total. The van der Waals surface area contributed by atoms with Crippen LogP contribution in [0, 0.1) is 0 Å². The van der Waals surface area contributed by atoms with Gasteiger partial charge in [0.15, 0.2) is 0 Å². The third-order valence-corrected chi connectivity index (χ3v) is 5.26. The summed E-state index contributed by atoms with van der Waals surface area (Å²) in [6.45, 7) is 3.83. The van der Waals surface area contributed by atoms with Crippen LogP contribution in [0.15, 0.2) is 59.7 Å². The summed E-state index contributed by atoms with van der Waals surface area (Å²) in [7, 11) is 1.66. The molecule has 3 aromatic rings. The number of likely N-dealkylation sites (tertiary alicyclic amines) is 1. The summed E-state index contributed by atoms with van der Waals surface area (Å²) in [6, 6.07) is 13.5. The van der Waals surface area contributed by atoms with Gasteiger partial charge < -0.3 is 14.5 Å². The number of rotatable bonds is 8. The third kappa shape index (κ3) is 5.11. The Bertz CT molecular complexity index is 1000. The normalized spacial score (nSPS) is 16.6. The number of hydrogen-bond donors (Lipinski definition) is 1. The maximum atomic E-state index is 12.2. The first kappa shape index (κ1) is 20.3. The van der Waals surface area contributed by atoms with Crippen molar-refractivity contribution in [3.05, 3.63) is 76.6 Å². The molecule has 0 amide bonds. The van der Waals surface area contributed by atoms with E-state index in [1.807, 2.05) is 24.3 Å². The number of aromatic nitrogens is 3. The summed E-state index contributed by atoms with van der Waals surface area (Å²) >= 11 is 0. The van der Waals surface area contributed by atoms with E-state index in [1.165, 1.54) is 11.6 Å². The zero-order valence-corrected chi connectivity index (χ0v) is 17.1. The van der Waals surface area contributed by atoms with E-state index in [-0.39, 0.29) is 11.5 Å². The Hall–Kier alpha value is -3.03. The van der Waals surface area contributed by atoms with Gasteiger partial charge >= 0.3 is 0 Å². The highest BCUT2D eigenvalue weighted by atomic mass is 16.5. The fourth-order valence-electron chi connectivity index (χ4n) is 3.72. The molecule has 0 bridgehead atoms. The van der Waals surface area contributed by atoms with Gasteiger partial charge in [-0.25, -0.2) is 4.98 Å². The first-order valence-electron chi connectivity index (χ1n) is 10.2. The van der Waals surface area contributed by atoms with E-state index in [1.54, 1.807) is 19.5 Å². The highest BCUT2D eigenvalue weighted by molar-refractivity contribution is 5.56. The minimum Gasteiger partial charge on any atom is -0.491 e. The summed E-state index contributed by atoms with van der Waals surface area (Å²) in [6.07, 6.45) is 4.41. The van der Waals surface area contributed by atoms with Crippen molar-refractivity contribution < 1.29 is 9.47 Å². The molecular formula is C23H26N4O3. The quantitative estimate of drug-likeness (QED) is 0.580. The molecule has 1 saturated heterocycles. The predicted octanol–water partition coefficient (Wildman–Crippen LogP) is 2.85. The maximum absolute atomic E-state index is 12.2. The van der Waals surface area contributed by atoms with E-state index in [4.69, 9.17) is 14.5 Å². The van der Waals surface area contributed by atoms with Gasteiger partial charge in [-0.2, -0.15) is 0 Å². The molecule has 1 aliphatic heterocycles. The lowest BCUT2D eigenvalue weighted by atomic mass is 10.1. The molecule has 1 atom stereocenters. The van der Waals surface area contributed by atoms with Crippen LogP contribution in [-0.4, -0.2) is 53.3 Å². The first-order valence-corrected chi connectivity index (χ1v) is 10.2. The van der Waals surface area contributed by atoms with Crippen molar-refractivity contribution in [3.63, 3.8) is 0 Å². The summed E-state index contributed by atoms with van der Waals surface area (Å²) in [4.78, 5) is 26.4. The second kappa shape index (κ2) is 9.65. The Kier molecular flexibility index (Phi) is 6.51. The highest BCUT2D eigenvalue weighted by Gasteiger charge is 2.26. The van der Waals surface area contributed by atoms with Crippen LogP contribution < -0.4 is 10.3 Å². The van der Waals surface area contributed by atoms with Gasteiger partial charge in [-0.3, -0.25) is 14.7 Å². The average molecular weight is 406 g/mol. The molecule has 1 aromatic carbocycles. The van der Waals surface area contributed by atoms with Crippen LogP contribution >= 0.6 is 0 Å². The van der Waals surface area contributed by atoms with Gasteiger partial charge in [0.05, 0.1) is 12.3 Å². The number of pyridine rings is 1. The molecule has 3 heterocycles. The largest absolute Gasteiger partial charge is 0.491 e. The average Bonchev–Trinajstić information content (AvgIpc) is 3.24. The summed E-state index contributed by atoms with van der Waals surface area (Å²) in [5.74, 6) is 1.82. The SMILES string of the molecule is COCCOc1ccc(CN2CC[C@@H](c3nc(-c4cccnc4)cc(=O)[nH]3)C2)cc1. The first-order chi connectivity index (χ1) is 14.7. The lowest BCUT2D eigenvalue weighted by Crippen LogP contribution is -2.21. The number of H-pyrrole nitrogens is 1. The number of nitrogens with zero attached hydrogens (tertiary/aromatic N) is 3. The summed E-state index contributed by atoms with van der Waals surface area (Å²) in [5, 5.41) is 0. The lowest BCUT2D eigenvalue weighted by molar-refractivity contribution is 0.146. The molecule has 0 radical (unpaired) electrons. The number of benzene rings is 1. The van der Waals surface area contributed by atoms with E-state index in [0.717, 1.165) is 43.2 Å². The van der Waals surface area contributed by atoms with Gasteiger partial charge in [-0.15, -0.1) is 0 Å². The Labute approximate surface area is 175 Å². The van der Waals surface area contributed by atoms with Crippen molar-refractivity contribution in [2.45, 2.75) is 18.9 Å². The number of aromatic amines is 1. The standard InChI is InChI=1S/C23H26N4O3/c1-29-11-12-30-20-6-4-17(5-7-20)15-27-10-8-19(16-27)23-25-21(13-22(28)26-23)18-3-2-9-24-14-18/h2-7,9,13-14,19H,8,10-12,15-16H2,1H3,(H,25,26,28)/t19-/m1/s1. The van der Waals surface area contributed by atoms with Gasteiger partial charge in [0.25, 0.3) is 5.56 Å². The fourth-order valence-corrected chi connectivity index (χ4v) is 3.72. The number of methoxy groups -OCH3 is 1. The zero-order valence-electron chi connectivity index (χ0n) is 17.1. The van der Waals surface area contributed by atoms with E-state index >= 15 is 0 Å². The van der Waals surface area contributed by atoms with Crippen molar-refractivity contribution in [2.24, 2.45) is 0 Å². The zero-order chi connectivity index (χ0) is 20.8. The maximum Gasteiger partial charge on any atom is 0.251 e. The monoisotopic (exact) mass is 406 g/mol. The van der Waals surface area contributed by atoms with Crippen LogP contribution in [0.2, 0.25) is 0 Å². The van der Waals surface area contributed by atoms with Gasteiger partial charge in [0.1, 0.15) is 18.2 Å². The van der Waals surface area contributed by atoms with Crippen molar-refractivity contribution in [2.75, 3.05) is 33.4 Å². The molecule has 4 rings (SSSR count). The lowest BCUT2D eigenvalue weighted by Gasteiger charge is -2.16. The number of hydrogen-bond acceptors (Lipinski definition) is 6. The second-order valence-corrected chi connectivity index (χ2v) is 7.46. The van der Waals surface area contributed by atoms with E-state index in [0.29, 0.717) is 18.9 Å². The third-order valence-electron chi connectivity index (χ3n) is 5.26. The molecule has 1 N–H and O–H groups in total. The molecule has 7 heteroatoms. The molecule has 0 aliphatic carbocycles. The Morgan fingerprint density at radius 1 is 1.20 bits per heavy atom. The van der Waals surface area contributed by atoms with E-state index in [2.05, 4.69) is 27.0 Å². The Morgan fingerprint density at radius 3 is 2.83 bits per heavy atom. The van der Waals surface area contributed by atoms with Gasteiger partial charge in [-0.05, 0) is 42.8 Å². The van der Waals surface area contributed by atoms with Crippen LogP contribution in [0.3, 0.4) is 0 Å². The van der Waals surface area contributed by atoms with E-state index < -0.39 is 0 Å². The van der Waals surface area contributed by atoms with Crippen LogP contribution in [0.5, 0.6) is 5.75 Å². The minimum atomic E-state index is -0.124. The van der Waals surface area contributed by atoms with E-state index in [9.17, 15) is 4.79 Å². The number of ether oxygens (including phenoxy) is 2. The molecule has 0 spiro atoms. The second-order valence-electron chi connectivity index (χ2n) is 7.46. The molecular weight excluding hydrogens is 380 g/mol. The van der Waals surface area contributed by atoms with Gasteiger partial charge in [-0.1, -0.05) is 12.1 Å². The summed E-state index contributed by atoms with van der Waals surface area (Å²) < 4.78 is 10.6.